The summed E-state index contributed by atoms with van der Waals surface area (Å²) in [5.74, 6) is 0. The molecule has 0 fully saturated rings. The SMILES string of the molecule is c1ccc(-c2nc3cccc(-c4cccc(-c5ccc(P(c6ccccc6)c6ccccc6)cc5)c4)c3c3cc4c5ccccc5n(-c5ccccc5)c4cc23)cc1. The Labute approximate surface area is 339 Å². The molecular weight excluding hydrogens is 720 g/mol. The Kier molecular flexibility index (Phi) is 8.50. The summed E-state index contributed by atoms with van der Waals surface area (Å²) < 4.78 is 2.40. The normalized spacial score (nSPS) is 11.6. The van der Waals surface area contributed by atoms with Gasteiger partial charge in [-0.1, -0.05) is 182 Å². The van der Waals surface area contributed by atoms with Crippen LogP contribution in [-0.4, -0.2) is 9.55 Å². The summed E-state index contributed by atoms with van der Waals surface area (Å²) in [4.78, 5) is 5.47. The Morgan fingerprint density at radius 2 is 0.931 bits per heavy atom. The highest BCUT2D eigenvalue weighted by Crippen LogP contribution is 2.43. The molecule has 0 unspecified atom stereocenters. The molecule has 11 aromatic rings. The van der Waals surface area contributed by atoms with Crippen molar-refractivity contribution in [3.05, 3.63) is 224 Å². The molecule has 9 aromatic carbocycles. The summed E-state index contributed by atoms with van der Waals surface area (Å²) in [6.45, 7) is 0. The average molecular weight is 757 g/mol. The molecule has 2 heterocycles. The van der Waals surface area contributed by atoms with Crippen molar-refractivity contribution in [3.63, 3.8) is 0 Å². The lowest BCUT2D eigenvalue weighted by atomic mass is 9.92. The number of benzene rings is 9. The average Bonchev–Trinajstić information content (AvgIpc) is 3.63. The topological polar surface area (TPSA) is 17.8 Å². The van der Waals surface area contributed by atoms with E-state index in [1.165, 1.54) is 70.7 Å². The van der Waals surface area contributed by atoms with Crippen LogP contribution in [0, 0.1) is 0 Å². The second-order valence-electron chi connectivity index (χ2n) is 14.8. The molecule has 2 nitrogen and oxygen atoms in total. The van der Waals surface area contributed by atoms with Crippen molar-refractivity contribution in [2.75, 3.05) is 0 Å². The lowest BCUT2D eigenvalue weighted by Gasteiger charge is -2.19. The second-order valence-corrected chi connectivity index (χ2v) is 17.0. The molecule has 0 spiro atoms. The van der Waals surface area contributed by atoms with Gasteiger partial charge in [-0.2, -0.15) is 0 Å². The van der Waals surface area contributed by atoms with E-state index in [-0.39, 0.29) is 0 Å². The summed E-state index contributed by atoms with van der Waals surface area (Å²) in [6, 6.07) is 81.5. The minimum atomic E-state index is -0.671. The fraction of sp³-hybridized carbons (Fsp3) is 0. The minimum absolute atomic E-state index is 0.671. The van der Waals surface area contributed by atoms with Crippen molar-refractivity contribution in [2.45, 2.75) is 0 Å². The van der Waals surface area contributed by atoms with Crippen LogP contribution in [-0.2, 0) is 0 Å². The van der Waals surface area contributed by atoms with Gasteiger partial charge in [0.2, 0.25) is 0 Å². The number of hydrogen-bond donors (Lipinski definition) is 0. The third-order valence-electron chi connectivity index (χ3n) is 11.3. The lowest BCUT2D eigenvalue weighted by molar-refractivity contribution is 1.18. The molecule has 0 atom stereocenters. The van der Waals surface area contributed by atoms with Gasteiger partial charge in [0.05, 0.1) is 22.2 Å². The Hall–Kier alpha value is -7.12. The van der Waals surface area contributed by atoms with Crippen LogP contribution in [0.5, 0.6) is 0 Å². The zero-order chi connectivity index (χ0) is 38.4. The van der Waals surface area contributed by atoms with E-state index in [0.29, 0.717) is 0 Å². The predicted molar refractivity (Wildman–Crippen MR) is 249 cm³/mol. The van der Waals surface area contributed by atoms with Gasteiger partial charge in [-0.3, -0.25) is 0 Å². The number of rotatable bonds is 7. The van der Waals surface area contributed by atoms with E-state index in [9.17, 15) is 0 Å². The number of hydrogen-bond acceptors (Lipinski definition) is 1. The molecule has 0 saturated heterocycles. The van der Waals surface area contributed by atoms with Gasteiger partial charge in [-0.25, -0.2) is 4.98 Å². The quantitative estimate of drug-likeness (QED) is 0.117. The van der Waals surface area contributed by atoms with Crippen LogP contribution < -0.4 is 15.9 Å². The molecule has 0 amide bonds. The molecule has 3 heteroatoms. The van der Waals surface area contributed by atoms with Gasteiger partial charge in [-0.05, 0) is 93.9 Å². The van der Waals surface area contributed by atoms with Crippen LogP contribution in [0.1, 0.15) is 0 Å². The standard InChI is InChI=1S/C55H37N2P/c1-5-17-39(18-6-1)55-50-37-53-48(47-27-13-14-30-52(47)57(53)42-21-7-2-8-22-42)36-49(50)54-46(28-16-29-51(54)56-55)41-20-15-19-40(35-41)38-31-33-45(34-32-38)58(43-23-9-3-10-24-43)44-25-11-4-12-26-44/h1-37H. The molecule has 0 bridgehead atoms. The fourth-order valence-electron chi connectivity index (χ4n) is 8.70. The van der Waals surface area contributed by atoms with Crippen LogP contribution in [0.3, 0.4) is 0 Å². The molecule has 11 rings (SSSR count). The first-order chi connectivity index (χ1) is 28.8. The second kappa shape index (κ2) is 14.4. The molecule has 2 aromatic heterocycles. The maximum atomic E-state index is 5.47. The van der Waals surface area contributed by atoms with Crippen LogP contribution in [0.15, 0.2) is 224 Å². The molecule has 0 aliphatic rings. The van der Waals surface area contributed by atoms with Crippen LogP contribution in [0.4, 0.5) is 0 Å². The Bertz CT molecular complexity index is 3210. The number of aromatic nitrogens is 2. The van der Waals surface area contributed by atoms with Crippen molar-refractivity contribution in [3.8, 4) is 39.2 Å². The van der Waals surface area contributed by atoms with E-state index in [2.05, 4.69) is 229 Å². The van der Waals surface area contributed by atoms with Crippen molar-refractivity contribution in [1.29, 1.82) is 0 Å². The van der Waals surface area contributed by atoms with Crippen molar-refractivity contribution >= 4 is 67.3 Å². The van der Waals surface area contributed by atoms with Gasteiger partial charge < -0.3 is 4.57 Å². The summed E-state index contributed by atoms with van der Waals surface area (Å²) in [5, 5.41) is 10.0. The van der Waals surface area contributed by atoms with Gasteiger partial charge in [0.1, 0.15) is 0 Å². The zero-order valence-corrected chi connectivity index (χ0v) is 32.6. The third-order valence-corrected chi connectivity index (χ3v) is 13.8. The first-order valence-electron chi connectivity index (χ1n) is 19.8. The molecular formula is C55H37N2P. The maximum absolute atomic E-state index is 5.47. The molecule has 0 radical (unpaired) electrons. The highest BCUT2D eigenvalue weighted by Gasteiger charge is 2.20. The maximum Gasteiger partial charge on any atom is 0.0788 e. The Balaban J connectivity index is 1.09. The first kappa shape index (κ1) is 34.2. The van der Waals surface area contributed by atoms with E-state index in [4.69, 9.17) is 4.98 Å². The molecule has 0 aliphatic carbocycles. The first-order valence-corrected chi connectivity index (χ1v) is 21.1. The molecule has 0 aliphatic heterocycles. The third kappa shape index (κ3) is 5.89. The van der Waals surface area contributed by atoms with E-state index < -0.39 is 7.92 Å². The monoisotopic (exact) mass is 756 g/mol. The summed E-state index contributed by atoms with van der Waals surface area (Å²) in [5.41, 5.74) is 11.3. The number of fused-ring (bicyclic) bond motifs is 6. The minimum Gasteiger partial charge on any atom is -0.309 e. The van der Waals surface area contributed by atoms with Crippen LogP contribution >= 0.6 is 7.92 Å². The summed E-state index contributed by atoms with van der Waals surface area (Å²) in [6.07, 6.45) is 0. The largest absolute Gasteiger partial charge is 0.309 e. The number of para-hydroxylation sites is 2. The van der Waals surface area contributed by atoms with Crippen LogP contribution in [0.2, 0.25) is 0 Å². The molecule has 0 saturated carbocycles. The molecule has 58 heavy (non-hydrogen) atoms. The van der Waals surface area contributed by atoms with Crippen molar-refractivity contribution in [1.82, 2.24) is 9.55 Å². The Morgan fingerprint density at radius 3 is 1.66 bits per heavy atom. The van der Waals surface area contributed by atoms with Crippen molar-refractivity contribution < 1.29 is 0 Å². The predicted octanol–water partition coefficient (Wildman–Crippen LogP) is 13.2. The van der Waals surface area contributed by atoms with Crippen molar-refractivity contribution in [2.24, 2.45) is 0 Å². The Morgan fingerprint density at radius 1 is 0.345 bits per heavy atom. The highest BCUT2D eigenvalue weighted by atomic mass is 31.1. The lowest BCUT2D eigenvalue weighted by Crippen LogP contribution is -2.20. The number of nitrogens with zero attached hydrogens (tertiary/aromatic N) is 2. The molecule has 0 N–H and O–H groups in total. The summed E-state index contributed by atoms with van der Waals surface area (Å²) in [7, 11) is -0.671. The van der Waals surface area contributed by atoms with Gasteiger partial charge in [0.25, 0.3) is 0 Å². The van der Waals surface area contributed by atoms with Gasteiger partial charge in [0, 0.05) is 32.8 Å². The number of pyridine rings is 1. The van der Waals surface area contributed by atoms with Gasteiger partial charge >= 0.3 is 0 Å². The van der Waals surface area contributed by atoms with E-state index in [1.807, 2.05) is 0 Å². The fourth-order valence-corrected chi connectivity index (χ4v) is 11.0. The van der Waals surface area contributed by atoms with Gasteiger partial charge in [0.15, 0.2) is 0 Å². The zero-order valence-electron chi connectivity index (χ0n) is 31.7. The van der Waals surface area contributed by atoms with E-state index in [1.54, 1.807) is 0 Å². The molecule has 272 valence electrons. The van der Waals surface area contributed by atoms with E-state index in [0.717, 1.165) is 27.8 Å². The van der Waals surface area contributed by atoms with Crippen LogP contribution in [0.25, 0.3) is 82.7 Å². The van der Waals surface area contributed by atoms with E-state index >= 15 is 0 Å². The highest BCUT2D eigenvalue weighted by molar-refractivity contribution is 7.79. The summed E-state index contributed by atoms with van der Waals surface area (Å²) >= 11 is 0. The van der Waals surface area contributed by atoms with Gasteiger partial charge in [-0.15, -0.1) is 0 Å². The smallest absolute Gasteiger partial charge is 0.0788 e.